The Morgan fingerprint density at radius 1 is 1.16 bits per heavy atom. The number of anilines is 1. The van der Waals surface area contributed by atoms with Crippen LogP contribution in [0, 0.1) is 17.4 Å². The first-order valence-electron chi connectivity index (χ1n) is 7.50. The second-order valence-corrected chi connectivity index (χ2v) is 7.58. The highest BCUT2D eigenvalue weighted by molar-refractivity contribution is 14.1. The maximum absolute atomic E-state index is 6.08. The van der Waals surface area contributed by atoms with Crippen molar-refractivity contribution < 1.29 is 0 Å². The van der Waals surface area contributed by atoms with E-state index in [2.05, 4.69) is 86.8 Å². The zero-order valence-electron chi connectivity index (χ0n) is 13.6. The van der Waals surface area contributed by atoms with E-state index in [1.54, 1.807) is 12.3 Å². The van der Waals surface area contributed by atoms with Gasteiger partial charge in [0.25, 0.3) is 0 Å². The van der Waals surface area contributed by atoms with E-state index >= 15 is 0 Å². The Bertz CT molecular complexity index is 933. The number of hydrazone groups is 1. The molecule has 7 heteroatoms. The van der Waals surface area contributed by atoms with Gasteiger partial charge in [-0.2, -0.15) is 5.10 Å². The van der Waals surface area contributed by atoms with Gasteiger partial charge in [0.2, 0.25) is 0 Å². The number of pyridine rings is 1. The smallest absolute Gasteiger partial charge is 0.165 e. The molecule has 0 aliphatic carbocycles. The lowest BCUT2D eigenvalue weighted by Crippen LogP contribution is -2.00. The van der Waals surface area contributed by atoms with E-state index in [0.29, 0.717) is 15.9 Å². The van der Waals surface area contributed by atoms with Crippen LogP contribution in [-0.2, 0) is 0 Å². The van der Waals surface area contributed by atoms with E-state index in [4.69, 9.17) is 23.2 Å². The van der Waals surface area contributed by atoms with Crippen molar-refractivity contribution in [1.82, 2.24) is 9.55 Å². The minimum Gasteiger partial charge on any atom is -0.318 e. The first-order chi connectivity index (χ1) is 12.0. The maximum Gasteiger partial charge on any atom is 0.165 e. The normalized spacial score (nSPS) is 11.2. The standard InChI is InChI=1S/C18H15Cl2IN4/c1-11-7-13(9-23-24-18-17(20)8-14(19)10-22-18)12(2)25(11)16-5-3-15(21)4-6-16/h3-10H,1-2H3,(H,22,24)/b23-9-. The Labute approximate surface area is 170 Å². The fourth-order valence-electron chi connectivity index (χ4n) is 2.57. The van der Waals surface area contributed by atoms with Gasteiger partial charge in [0, 0.05) is 32.4 Å². The number of halogens is 3. The molecule has 0 amide bonds. The summed E-state index contributed by atoms with van der Waals surface area (Å²) >= 11 is 14.2. The Hall–Kier alpha value is -1.57. The Balaban J connectivity index is 1.84. The molecule has 2 heterocycles. The third-order valence-corrected chi connectivity index (χ3v) is 4.95. The lowest BCUT2D eigenvalue weighted by molar-refractivity contribution is 0.964. The second kappa shape index (κ2) is 7.76. The summed E-state index contributed by atoms with van der Waals surface area (Å²) in [4.78, 5) is 4.12. The zero-order valence-corrected chi connectivity index (χ0v) is 17.3. The summed E-state index contributed by atoms with van der Waals surface area (Å²) in [7, 11) is 0. The predicted molar refractivity (Wildman–Crippen MR) is 113 cm³/mol. The molecule has 128 valence electrons. The Morgan fingerprint density at radius 3 is 2.56 bits per heavy atom. The van der Waals surface area contributed by atoms with Gasteiger partial charge in [0.15, 0.2) is 5.82 Å². The first-order valence-corrected chi connectivity index (χ1v) is 9.34. The van der Waals surface area contributed by atoms with Crippen LogP contribution < -0.4 is 5.43 Å². The average molecular weight is 485 g/mol. The van der Waals surface area contributed by atoms with Gasteiger partial charge in [-0.1, -0.05) is 23.2 Å². The molecule has 1 N–H and O–H groups in total. The first kappa shape index (κ1) is 18.2. The summed E-state index contributed by atoms with van der Waals surface area (Å²) in [5.41, 5.74) is 7.25. The van der Waals surface area contributed by atoms with Crippen molar-refractivity contribution in [2.24, 2.45) is 5.10 Å². The van der Waals surface area contributed by atoms with Crippen LogP contribution in [0.2, 0.25) is 10.0 Å². The number of benzene rings is 1. The molecule has 3 aromatic rings. The van der Waals surface area contributed by atoms with Gasteiger partial charge in [-0.15, -0.1) is 0 Å². The van der Waals surface area contributed by atoms with E-state index in [0.717, 1.165) is 22.6 Å². The number of nitrogens with one attached hydrogen (secondary N) is 1. The fourth-order valence-corrected chi connectivity index (χ4v) is 3.35. The highest BCUT2D eigenvalue weighted by Gasteiger charge is 2.09. The SMILES string of the molecule is Cc1cc(/C=N\Nc2ncc(Cl)cc2Cl)c(C)n1-c1ccc(I)cc1. The van der Waals surface area contributed by atoms with Crippen molar-refractivity contribution in [3.05, 3.63) is 73.2 Å². The molecule has 0 saturated heterocycles. The van der Waals surface area contributed by atoms with E-state index < -0.39 is 0 Å². The molecular weight excluding hydrogens is 470 g/mol. The Morgan fingerprint density at radius 2 is 1.88 bits per heavy atom. The molecule has 0 aliphatic heterocycles. The summed E-state index contributed by atoms with van der Waals surface area (Å²) in [6.07, 6.45) is 3.28. The second-order valence-electron chi connectivity index (χ2n) is 5.49. The molecular formula is C18H15Cl2IN4. The van der Waals surface area contributed by atoms with Crippen LogP contribution in [0.5, 0.6) is 0 Å². The van der Waals surface area contributed by atoms with E-state index in [1.807, 2.05) is 0 Å². The average Bonchev–Trinajstić information content (AvgIpc) is 2.85. The number of hydrogen-bond donors (Lipinski definition) is 1. The van der Waals surface area contributed by atoms with E-state index in [-0.39, 0.29) is 0 Å². The molecule has 0 saturated carbocycles. The van der Waals surface area contributed by atoms with Gasteiger partial charge in [0.05, 0.1) is 16.3 Å². The lowest BCUT2D eigenvalue weighted by Gasteiger charge is -2.09. The topological polar surface area (TPSA) is 42.2 Å². The van der Waals surface area contributed by atoms with Crippen molar-refractivity contribution in [2.75, 3.05) is 5.43 Å². The minimum absolute atomic E-state index is 0.425. The molecule has 2 aromatic heterocycles. The van der Waals surface area contributed by atoms with Gasteiger partial charge < -0.3 is 4.57 Å². The van der Waals surface area contributed by atoms with Gasteiger partial charge >= 0.3 is 0 Å². The van der Waals surface area contributed by atoms with E-state index in [9.17, 15) is 0 Å². The molecule has 0 aliphatic rings. The third kappa shape index (κ3) is 4.16. The van der Waals surface area contributed by atoms with Gasteiger partial charge in [0.1, 0.15) is 0 Å². The summed E-state index contributed by atoms with van der Waals surface area (Å²) in [6, 6.07) is 12.1. The van der Waals surface area contributed by atoms with E-state index in [1.165, 1.54) is 9.77 Å². The molecule has 0 fully saturated rings. The van der Waals surface area contributed by atoms with Gasteiger partial charge in [-0.05, 0) is 72.8 Å². The summed E-state index contributed by atoms with van der Waals surface area (Å²) in [6.45, 7) is 4.15. The van der Waals surface area contributed by atoms with Crippen LogP contribution in [0.4, 0.5) is 5.82 Å². The van der Waals surface area contributed by atoms with Gasteiger partial charge in [-0.3, -0.25) is 5.43 Å². The largest absolute Gasteiger partial charge is 0.318 e. The van der Waals surface area contributed by atoms with Crippen molar-refractivity contribution in [3.63, 3.8) is 0 Å². The zero-order chi connectivity index (χ0) is 18.0. The highest BCUT2D eigenvalue weighted by atomic mass is 127. The van der Waals surface area contributed by atoms with Crippen LogP contribution >= 0.6 is 45.8 Å². The molecule has 0 unspecified atom stereocenters. The molecule has 4 nitrogen and oxygen atoms in total. The maximum atomic E-state index is 6.08. The summed E-state index contributed by atoms with van der Waals surface area (Å²) in [5, 5.41) is 5.16. The molecule has 1 aromatic carbocycles. The minimum atomic E-state index is 0.425. The van der Waals surface area contributed by atoms with Crippen molar-refractivity contribution in [1.29, 1.82) is 0 Å². The molecule has 0 atom stereocenters. The third-order valence-electron chi connectivity index (χ3n) is 3.74. The van der Waals surface area contributed by atoms with Crippen LogP contribution in [0.1, 0.15) is 17.0 Å². The molecule has 3 rings (SSSR count). The highest BCUT2D eigenvalue weighted by Crippen LogP contribution is 2.23. The molecule has 0 spiro atoms. The van der Waals surface area contributed by atoms with Crippen molar-refractivity contribution >= 4 is 57.8 Å². The number of aryl methyl sites for hydroxylation is 1. The number of nitrogens with zero attached hydrogens (tertiary/aromatic N) is 3. The van der Waals surface area contributed by atoms with Crippen LogP contribution in [-0.4, -0.2) is 15.8 Å². The molecule has 25 heavy (non-hydrogen) atoms. The molecule has 0 radical (unpaired) electrons. The van der Waals surface area contributed by atoms with Crippen molar-refractivity contribution in [2.45, 2.75) is 13.8 Å². The van der Waals surface area contributed by atoms with Crippen LogP contribution in [0.15, 0.2) is 47.7 Å². The predicted octanol–water partition coefficient (Wildman–Crippen LogP) is 5.85. The van der Waals surface area contributed by atoms with Crippen LogP contribution in [0.3, 0.4) is 0 Å². The van der Waals surface area contributed by atoms with Crippen molar-refractivity contribution in [3.8, 4) is 5.69 Å². The lowest BCUT2D eigenvalue weighted by atomic mass is 10.2. The number of aromatic nitrogens is 2. The van der Waals surface area contributed by atoms with Gasteiger partial charge in [-0.25, -0.2) is 4.98 Å². The summed E-state index contributed by atoms with van der Waals surface area (Å²) < 4.78 is 3.41. The number of rotatable bonds is 4. The Kier molecular flexibility index (Phi) is 5.66. The monoisotopic (exact) mass is 484 g/mol. The summed E-state index contributed by atoms with van der Waals surface area (Å²) in [5.74, 6) is 0.466. The number of hydrogen-bond acceptors (Lipinski definition) is 3. The fraction of sp³-hybridized carbons (Fsp3) is 0.111. The van der Waals surface area contributed by atoms with Crippen LogP contribution in [0.25, 0.3) is 5.69 Å². The molecule has 0 bridgehead atoms. The quantitative estimate of drug-likeness (QED) is 0.287.